The van der Waals surface area contributed by atoms with Crippen molar-refractivity contribution in [2.75, 3.05) is 0 Å². The van der Waals surface area contributed by atoms with Crippen molar-refractivity contribution in [2.24, 2.45) is 7.05 Å². The monoisotopic (exact) mass is 167 g/mol. The maximum Gasteiger partial charge on any atom is 0.135 e. The summed E-state index contributed by atoms with van der Waals surface area (Å²) in [5, 5.41) is 8.30. The molecule has 0 spiro atoms. The van der Waals surface area contributed by atoms with Crippen molar-refractivity contribution in [1.29, 1.82) is 0 Å². The highest BCUT2D eigenvalue weighted by Crippen LogP contribution is 2.16. The van der Waals surface area contributed by atoms with Crippen LogP contribution >= 0.6 is 0 Å². The van der Waals surface area contributed by atoms with E-state index in [-0.39, 0.29) is 0 Å². The van der Waals surface area contributed by atoms with E-state index in [4.69, 9.17) is 0 Å². The Kier molecular flexibility index (Phi) is 2.50. The first-order valence-corrected chi connectivity index (χ1v) is 4.43. The molecule has 0 aliphatic rings. The Morgan fingerprint density at radius 2 is 1.25 bits per heavy atom. The van der Waals surface area contributed by atoms with Crippen LogP contribution in [0.2, 0.25) is 0 Å². The molecule has 0 saturated heterocycles. The zero-order valence-electron chi connectivity index (χ0n) is 8.50. The van der Waals surface area contributed by atoms with E-state index in [1.54, 1.807) is 0 Å². The fraction of sp³-hybridized carbons (Fsp3) is 0.778. The molecule has 0 saturated carbocycles. The van der Waals surface area contributed by atoms with Gasteiger partial charge < -0.3 is 4.57 Å². The number of rotatable bonds is 2. The summed E-state index contributed by atoms with van der Waals surface area (Å²) in [6, 6.07) is 0. The average Bonchev–Trinajstić information content (AvgIpc) is 2.30. The topological polar surface area (TPSA) is 30.7 Å². The van der Waals surface area contributed by atoms with Crippen LogP contribution in [-0.4, -0.2) is 14.8 Å². The Morgan fingerprint density at radius 1 is 0.917 bits per heavy atom. The van der Waals surface area contributed by atoms with Crippen LogP contribution in [0.5, 0.6) is 0 Å². The molecule has 0 aromatic carbocycles. The Morgan fingerprint density at radius 3 is 1.42 bits per heavy atom. The Hall–Kier alpha value is -0.860. The minimum absolute atomic E-state index is 0.454. The van der Waals surface area contributed by atoms with Crippen LogP contribution in [0, 0.1) is 0 Å². The highest BCUT2D eigenvalue weighted by Gasteiger charge is 2.13. The molecule has 0 amide bonds. The molecule has 1 heterocycles. The zero-order valence-corrected chi connectivity index (χ0v) is 8.50. The maximum atomic E-state index is 4.15. The number of aromatic nitrogens is 3. The van der Waals surface area contributed by atoms with Crippen LogP contribution in [0.3, 0.4) is 0 Å². The van der Waals surface area contributed by atoms with E-state index in [2.05, 4.69) is 42.5 Å². The first kappa shape index (κ1) is 9.23. The third-order valence-electron chi connectivity index (χ3n) is 1.98. The fourth-order valence-electron chi connectivity index (χ4n) is 1.36. The van der Waals surface area contributed by atoms with E-state index in [9.17, 15) is 0 Å². The zero-order chi connectivity index (χ0) is 9.30. The molecular weight excluding hydrogens is 150 g/mol. The SMILES string of the molecule is CC(C)c1nnc(C(C)C)n1C. The summed E-state index contributed by atoms with van der Waals surface area (Å²) in [5.74, 6) is 3.04. The third-order valence-corrected chi connectivity index (χ3v) is 1.98. The second-order valence-electron chi connectivity index (χ2n) is 3.78. The van der Waals surface area contributed by atoms with Crippen molar-refractivity contribution in [2.45, 2.75) is 39.5 Å². The smallest absolute Gasteiger partial charge is 0.135 e. The van der Waals surface area contributed by atoms with E-state index in [1.807, 2.05) is 7.05 Å². The Balaban J connectivity index is 3.04. The number of hydrogen-bond donors (Lipinski definition) is 0. The highest BCUT2D eigenvalue weighted by molar-refractivity contribution is 5.01. The highest BCUT2D eigenvalue weighted by atomic mass is 15.3. The minimum Gasteiger partial charge on any atom is -0.318 e. The summed E-state index contributed by atoms with van der Waals surface area (Å²) >= 11 is 0. The van der Waals surface area contributed by atoms with Crippen LogP contribution in [0.4, 0.5) is 0 Å². The van der Waals surface area contributed by atoms with E-state index >= 15 is 0 Å². The predicted octanol–water partition coefficient (Wildman–Crippen LogP) is 2.06. The molecule has 3 heteroatoms. The molecule has 1 rings (SSSR count). The quantitative estimate of drug-likeness (QED) is 0.675. The van der Waals surface area contributed by atoms with Gasteiger partial charge in [0.05, 0.1) is 0 Å². The van der Waals surface area contributed by atoms with Gasteiger partial charge in [-0.25, -0.2) is 0 Å². The normalized spacial score (nSPS) is 11.6. The van der Waals surface area contributed by atoms with Crippen molar-refractivity contribution in [3.8, 4) is 0 Å². The van der Waals surface area contributed by atoms with Gasteiger partial charge in [0.2, 0.25) is 0 Å². The van der Waals surface area contributed by atoms with Crippen LogP contribution in [0.15, 0.2) is 0 Å². The first-order chi connectivity index (χ1) is 5.54. The van der Waals surface area contributed by atoms with Crippen LogP contribution in [0.25, 0.3) is 0 Å². The van der Waals surface area contributed by atoms with Gasteiger partial charge in [-0.05, 0) is 0 Å². The lowest BCUT2D eigenvalue weighted by molar-refractivity contribution is 0.661. The molecule has 0 fully saturated rings. The van der Waals surface area contributed by atoms with Gasteiger partial charge in [0.1, 0.15) is 11.6 Å². The molecular formula is C9H17N3. The van der Waals surface area contributed by atoms with Gasteiger partial charge in [0.15, 0.2) is 0 Å². The van der Waals surface area contributed by atoms with Gasteiger partial charge in [0, 0.05) is 18.9 Å². The van der Waals surface area contributed by atoms with Gasteiger partial charge in [-0.15, -0.1) is 10.2 Å². The van der Waals surface area contributed by atoms with Gasteiger partial charge in [-0.2, -0.15) is 0 Å². The van der Waals surface area contributed by atoms with Crippen molar-refractivity contribution >= 4 is 0 Å². The molecule has 0 aliphatic carbocycles. The van der Waals surface area contributed by atoms with Gasteiger partial charge in [-0.1, -0.05) is 27.7 Å². The number of hydrogen-bond acceptors (Lipinski definition) is 2. The number of nitrogens with zero attached hydrogens (tertiary/aromatic N) is 3. The second-order valence-corrected chi connectivity index (χ2v) is 3.78. The van der Waals surface area contributed by atoms with Crippen molar-refractivity contribution in [3.63, 3.8) is 0 Å². The molecule has 0 N–H and O–H groups in total. The minimum atomic E-state index is 0.454. The molecule has 3 nitrogen and oxygen atoms in total. The Bertz CT molecular complexity index is 235. The van der Waals surface area contributed by atoms with Gasteiger partial charge in [0.25, 0.3) is 0 Å². The maximum absolute atomic E-state index is 4.15. The molecule has 1 aromatic rings. The summed E-state index contributed by atoms with van der Waals surface area (Å²) in [6.07, 6.45) is 0. The van der Waals surface area contributed by atoms with Crippen molar-refractivity contribution in [1.82, 2.24) is 14.8 Å². The summed E-state index contributed by atoms with van der Waals surface area (Å²) in [4.78, 5) is 0. The standard InChI is InChI=1S/C9H17N3/c1-6(2)8-10-11-9(7(3)4)12(8)5/h6-7H,1-5H3. The Labute approximate surface area is 73.8 Å². The summed E-state index contributed by atoms with van der Waals surface area (Å²) in [6.45, 7) is 8.53. The van der Waals surface area contributed by atoms with Crippen LogP contribution in [0.1, 0.15) is 51.2 Å². The van der Waals surface area contributed by atoms with E-state index in [1.165, 1.54) is 0 Å². The van der Waals surface area contributed by atoms with Crippen molar-refractivity contribution in [3.05, 3.63) is 11.6 Å². The molecule has 0 bridgehead atoms. The molecule has 68 valence electrons. The first-order valence-electron chi connectivity index (χ1n) is 4.43. The molecule has 0 aliphatic heterocycles. The summed E-state index contributed by atoms with van der Waals surface area (Å²) in [7, 11) is 2.03. The lowest BCUT2D eigenvalue weighted by Gasteiger charge is -2.07. The third kappa shape index (κ3) is 1.49. The summed E-state index contributed by atoms with van der Waals surface area (Å²) < 4.78 is 2.09. The van der Waals surface area contributed by atoms with Crippen LogP contribution < -0.4 is 0 Å². The van der Waals surface area contributed by atoms with Gasteiger partial charge >= 0.3 is 0 Å². The molecule has 0 atom stereocenters. The predicted molar refractivity (Wildman–Crippen MR) is 49.2 cm³/mol. The van der Waals surface area contributed by atoms with E-state index < -0.39 is 0 Å². The largest absolute Gasteiger partial charge is 0.318 e. The average molecular weight is 167 g/mol. The van der Waals surface area contributed by atoms with Crippen molar-refractivity contribution < 1.29 is 0 Å². The van der Waals surface area contributed by atoms with Crippen LogP contribution in [-0.2, 0) is 7.05 Å². The molecule has 0 radical (unpaired) electrons. The van der Waals surface area contributed by atoms with E-state index in [0.29, 0.717) is 11.8 Å². The molecule has 0 unspecified atom stereocenters. The van der Waals surface area contributed by atoms with Gasteiger partial charge in [-0.3, -0.25) is 0 Å². The molecule has 1 aromatic heterocycles. The second kappa shape index (κ2) is 3.25. The molecule has 12 heavy (non-hydrogen) atoms. The summed E-state index contributed by atoms with van der Waals surface area (Å²) in [5.41, 5.74) is 0. The lowest BCUT2D eigenvalue weighted by atomic mass is 10.2. The van der Waals surface area contributed by atoms with E-state index in [0.717, 1.165) is 11.6 Å². The lowest BCUT2D eigenvalue weighted by Crippen LogP contribution is -2.04. The fourth-order valence-corrected chi connectivity index (χ4v) is 1.36.